The zero-order valence-electron chi connectivity index (χ0n) is 23.6. The first-order valence-corrected chi connectivity index (χ1v) is 14.0. The van der Waals surface area contributed by atoms with E-state index in [9.17, 15) is 29.4 Å². The summed E-state index contributed by atoms with van der Waals surface area (Å²) in [5, 5.41) is 19.3. The molecule has 1 aromatic heterocycles. The fourth-order valence-corrected chi connectivity index (χ4v) is 6.06. The van der Waals surface area contributed by atoms with E-state index in [2.05, 4.69) is 9.88 Å². The van der Waals surface area contributed by atoms with Gasteiger partial charge in [0.25, 0.3) is 5.56 Å². The van der Waals surface area contributed by atoms with E-state index in [4.69, 9.17) is 4.74 Å². The third-order valence-electron chi connectivity index (χ3n) is 7.97. The van der Waals surface area contributed by atoms with Gasteiger partial charge in [-0.25, -0.2) is 4.79 Å². The molecular formula is C33H33N3O7. The van der Waals surface area contributed by atoms with Crippen molar-refractivity contribution in [3.63, 3.8) is 0 Å². The quantitative estimate of drug-likeness (QED) is 0.241. The first-order valence-electron chi connectivity index (χ1n) is 14.0. The number of rotatable bonds is 10. The van der Waals surface area contributed by atoms with Gasteiger partial charge in [-0.05, 0) is 30.0 Å². The molecule has 1 fully saturated rings. The molecule has 0 spiro atoms. The molecule has 10 heteroatoms. The van der Waals surface area contributed by atoms with Crippen LogP contribution in [0, 0.1) is 12.8 Å². The SMILES string of the molecule is Cc1cn([C@H]2CN(C(c3ccccc3)(c3ccccc3)c3ccccc3)C[C@H](CC(CC(=O)O)C(=O)O)O2)c(=O)[nH]c1=O. The zero-order chi connectivity index (χ0) is 30.6. The van der Waals surface area contributed by atoms with Crippen molar-refractivity contribution in [3.05, 3.63) is 140 Å². The highest BCUT2D eigenvalue weighted by Gasteiger charge is 2.47. The molecule has 3 N–H and O–H groups in total. The second-order valence-electron chi connectivity index (χ2n) is 10.8. The number of aryl methyl sites for hydroxylation is 1. The maximum absolute atomic E-state index is 13.1. The molecular weight excluding hydrogens is 550 g/mol. The number of carboxylic acids is 2. The van der Waals surface area contributed by atoms with Gasteiger partial charge in [0.15, 0.2) is 6.23 Å². The smallest absolute Gasteiger partial charge is 0.330 e. The molecule has 43 heavy (non-hydrogen) atoms. The van der Waals surface area contributed by atoms with Gasteiger partial charge < -0.3 is 14.9 Å². The van der Waals surface area contributed by atoms with Gasteiger partial charge >= 0.3 is 17.6 Å². The number of benzene rings is 3. The number of carbonyl (C=O) groups is 2. The maximum Gasteiger partial charge on any atom is 0.330 e. The van der Waals surface area contributed by atoms with E-state index in [1.807, 2.05) is 91.0 Å². The van der Waals surface area contributed by atoms with Crippen molar-refractivity contribution >= 4 is 11.9 Å². The van der Waals surface area contributed by atoms with Crippen LogP contribution in [-0.4, -0.2) is 55.8 Å². The normalized spacial score (nSPS) is 18.2. The maximum atomic E-state index is 13.1. The minimum atomic E-state index is -1.24. The van der Waals surface area contributed by atoms with E-state index < -0.39 is 53.4 Å². The van der Waals surface area contributed by atoms with Crippen LogP contribution in [0.25, 0.3) is 0 Å². The Balaban J connectivity index is 1.73. The third kappa shape index (κ3) is 6.06. The van der Waals surface area contributed by atoms with E-state index in [1.165, 1.54) is 10.8 Å². The second kappa shape index (κ2) is 12.6. The molecule has 0 aliphatic carbocycles. The summed E-state index contributed by atoms with van der Waals surface area (Å²) in [6.07, 6.45) is -0.919. The van der Waals surface area contributed by atoms with Gasteiger partial charge in [0.1, 0.15) is 0 Å². The van der Waals surface area contributed by atoms with Crippen LogP contribution in [0.4, 0.5) is 0 Å². The number of hydrogen-bond acceptors (Lipinski definition) is 6. The average molecular weight is 584 g/mol. The Labute approximate surface area is 247 Å². The lowest BCUT2D eigenvalue weighted by Crippen LogP contribution is -2.58. The highest BCUT2D eigenvalue weighted by Crippen LogP contribution is 2.45. The number of nitrogens with zero attached hydrogens (tertiary/aromatic N) is 2. The minimum Gasteiger partial charge on any atom is -0.481 e. The van der Waals surface area contributed by atoms with Gasteiger partial charge in [-0.1, -0.05) is 91.0 Å². The Hall–Kier alpha value is -4.80. The Bertz CT molecular complexity index is 1590. The van der Waals surface area contributed by atoms with Crippen molar-refractivity contribution < 1.29 is 24.5 Å². The lowest BCUT2D eigenvalue weighted by atomic mass is 9.75. The number of morpholine rings is 1. The first-order chi connectivity index (χ1) is 20.7. The van der Waals surface area contributed by atoms with E-state index in [0.717, 1.165) is 16.7 Å². The fourth-order valence-electron chi connectivity index (χ4n) is 6.06. The molecule has 5 rings (SSSR count). The molecule has 1 saturated heterocycles. The summed E-state index contributed by atoms with van der Waals surface area (Å²) in [5.74, 6) is -3.68. The van der Waals surface area contributed by atoms with E-state index in [-0.39, 0.29) is 19.5 Å². The minimum absolute atomic E-state index is 0.0971. The predicted molar refractivity (Wildman–Crippen MR) is 159 cm³/mol. The van der Waals surface area contributed by atoms with Crippen LogP contribution in [0.5, 0.6) is 0 Å². The molecule has 3 aromatic carbocycles. The number of aliphatic carboxylic acids is 2. The fraction of sp³-hybridized carbons (Fsp3) is 0.273. The summed E-state index contributed by atoms with van der Waals surface area (Å²) in [6.45, 7) is 2.01. The Morgan fingerprint density at radius 2 is 1.40 bits per heavy atom. The van der Waals surface area contributed by atoms with Crippen LogP contribution in [0.3, 0.4) is 0 Å². The number of aromatic amines is 1. The number of carboxylic acid groups (broad SMARTS) is 2. The predicted octanol–water partition coefficient (Wildman–Crippen LogP) is 3.60. The van der Waals surface area contributed by atoms with Crippen molar-refractivity contribution in [2.24, 2.45) is 5.92 Å². The summed E-state index contributed by atoms with van der Waals surface area (Å²) in [4.78, 5) is 53.4. The molecule has 0 amide bonds. The molecule has 10 nitrogen and oxygen atoms in total. The van der Waals surface area contributed by atoms with Crippen LogP contribution < -0.4 is 11.2 Å². The second-order valence-corrected chi connectivity index (χ2v) is 10.8. The largest absolute Gasteiger partial charge is 0.481 e. The van der Waals surface area contributed by atoms with Gasteiger partial charge in [-0.15, -0.1) is 0 Å². The van der Waals surface area contributed by atoms with E-state index in [1.54, 1.807) is 6.92 Å². The van der Waals surface area contributed by atoms with Crippen LogP contribution in [0.1, 0.15) is 41.3 Å². The summed E-state index contributed by atoms with van der Waals surface area (Å²) in [5.41, 5.74) is 1.06. The molecule has 1 unspecified atom stereocenters. The molecule has 0 saturated carbocycles. The van der Waals surface area contributed by atoms with Crippen molar-refractivity contribution in [2.75, 3.05) is 13.1 Å². The molecule has 4 aromatic rings. The lowest BCUT2D eigenvalue weighted by molar-refractivity contribution is -0.160. The van der Waals surface area contributed by atoms with Crippen LogP contribution in [-0.2, 0) is 19.9 Å². The van der Waals surface area contributed by atoms with Crippen molar-refractivity contribution in [2.45, 2.75) is 37.6 Å². The average Bonchev–Trinajstić information content (AvgIpc) is 3.00. The Morgan fingerprint density at radius 3 is 1.86 bits per heavy atom. The van der Waals surface area contributed by atoms with Gasteiger partial charge in [0, 0.05) is 24.8 Å². The number of aromatic nitrogens is 2. The number of ether oxygens (including phenoxy) is 1. The highest BCUT2D eigenvalue weighted by atomic mass is 16.5. The standard InChI is InChI=1S/C33H33N3O7/c1-22-19-36(32(42)34-30(22)39)28-21-35(20-27(43-28)17-23(31(40)41)18-29(37)38)33(24-11-5-2-6-12-24,25-13-7-3-8-14-25)26-15-9-4-10-16-26/h2-16,19,23,27-28H,17-18,20-21H2,1H3,(H,37,38)(H,40,41)(H,34,39,42)/t23?,27-,28+/m0/s1. The van der Waals surface area contributed by atoms with Gasteiger partial charge in [-0.3, -0.25) is 28.8 Å². The van der Waals surface area contributed by atoms with Gasteiger partial charge in [-0.2, -0.15) is 0 Å². The topological polar surface area (TPSA) is 142 Å². The molecule has 1 aliphatic rings. The summed E-state index contributed by atoms with van der Waals surface area (Å²) < 4.78 is 7.70. The summed E-state index contributed by atoms with van der Waals surface area (Å²) >= 11 is 0. The number of nitrogens with one attached hydrogen (secondary N) is 1. The lowest BCUT2D eigenvalue weighted by Gasteiger charge is -2.51. The van der Waals surface area contributed by atoms with Crippen LogP contribution in [0.15, 0.2) is 107 Å². The monoisotopic (exact) mass is 583 g/mol. The first kappa shape index (κ1) is 29.7. The number of hydrogen-bond donors (Lipinski definition) is 3. The molecule has 3 atom stereocenters. The van der Waals surface area contributed by atoms with Crippen LogP contribution >= 0.6 is 0 Å². The Kier molecular flexibility index (Phi) is 8.70. The summed E-state index contributed by atoms with van der Waals surface area (Å²) in [7, 11) is 0. The van der Waals surface area contributed by atoms with Gasteiger partial charge in [0.05, 0.1) is 24.0 Å². The van der Waals surface area contributed by atoms with Crippen LogP contribution in [0.2, 0.25) is 0 Å². The third-order valence-corrected chi connectivity index (χ3v) is 7.97. The summed E-state index contributed by atoms with van der Waals surface area (Å²) in [6, 6.07) is 29.7. The van der Waals surface area contributed by atoms with Gasteiger partial charge in [0.2, 0.25) is 0 Å². The molecule has 0 radical (unpaired) electrons. The van der Waals surface area contributed by atoms with Crippen molar-refractivity contribution in [3.8, 4) is 0 Å². The highest BCUT2D eigenvalue weighted by molar-refractivity contribution is 5.77. The molecule has 222 valence electrons. The van der Waals surface area contributed by atoms with Crippen molar-refractivity contribution in [1.82, 2.24) is 14.5 Å². The number of H-pyrrole nitrogens is 1. The van der Waals surface area contributed by atoms with E-state index in [0.29, 0.717) is 5.56 Å². The van der Waals surface area contributed by atoms with Crippen molar-refractivity contribution in [1.29, 1.82) is 0 Å². The Morgan fingerprint density at radius 1 is 0.884 bits per heavy atom. The molecule has 1 aliphatic heterocycles. The zero-order valence-corrected chi connectivity index (χ0v) is 23.6. The molecule has 0 bridgehead atoms. The molecule has 2 heterocycles. The van der Waals surface area contributed by atoms with E-state index >= 15 is 0 Å².